The number of amides is 1. The summed E-state index contributed by atoms with van der Waals surface area (Å²) in [6.07, 6.45) is 2.95. The van der Waals surface area contributed by atoms with Gasteiger partial charge >= 0.3 is 0 Å². The van der Waals surface area contributed by atoms with Gasteiger partial charge < -0.3 is 14.8 Å². The van der Waals surface area contributed by atoms with Gasteiger partial charge in [-0.15, -0.1) is 11.3 Å². The summed E-state index contributed by atoms with van der Waals surface area (Å²) in [5.74, 6) is 0.465. The molecule has 0 saturated heterocycles. The van der Waals surface area contributed by atoms with E-state index in [-0.39, 0.29) is 5.56 Å². The van der Waals surface area contributed by atoms with Gasteiger partial charge in [-0.25, -0.2) is 4.98 Å². The summed E-state index contributed by atoms with van der Waals surface area (Å²) >= 11 is 1.39. The van der Waals surface area contributed by atoms with Crippen molar-refractivity contribution in [2.45, 2.75) is 6.92 Å². The van der Waals surface area contributed by atoms with Crippen molar-refractivity contribution in [3.8, 4) is 11.5 Å². The zero-order valence-corrected chi connectivity index (χ0v) is 14.1. The molecule has 124 valence electrons. The molecule has 0 saturated carbocycles. The van der Waals surface area contributed by atoms with Crippen LogP contribution in [-0.2, 0) is 0 Å². The normalized spacial score (nSPS) is 10.6. The van der Waals surface area contributed by atoms with Gasteiger partial charge in [0, 0.05) is 23.3 Å². The number of thiazole rings is 1. The van der Waals surface area contributed by atoms with Crippen LogP contribution in [0.15, 0.2) is 35.4 Å². The molecular formula is C16H15N3O4S. The van der Waals surface area contributed by atoms with Gasteiger partial charge in [0.15, 0.2) is 4.96 Å². The molecule has 0 radical (unpaired) electrons. The Morgan fingerprint density at radius 3 is 2.79 bits per heavy atom. The number of anilines is 1. The smallest absolute Gasteiger partial charge is 0.271 e. The van der Waals surface area contributed by atoms with Gasteiger partial charge in [0.1, 0.15) is 17.1 Å². The zero-order valence-electron chi connectivity index (χ0n) is 13.3. The molecule has 1 N–H and O–H groups in total. The van der Waals surface area contributed by atoms with E-state index in [0.717, 1.165) is 4.88 Å². The quantitative estimate of drug-likeness (QED) is 0.785. The highest BCUT2D eigenvalue weighted by Gasteiger charge is 2.16. The Balaban J connectivity index is 1.98. The number of nitrogens with one attached hydrogen (secondary N) is 1. The number of benzene rings is 1. The average Bonchev–Trinajstić information content (AvgIpc) is 2.96. The summed E-state index contributed by atoms with van der Waals surface area (Å²) < 4.78 is 11.7. The number of hydrogen-bond acceptors (Lipinski definition) is 6. The second-order valence-electron chi connectivity index (χ2n) is 4.99. The number of aryl methyl sites for hydroxylation is 1. The Morgan fingerprint density at radius 1 is 1.29 bits per heavy atom. The molecule has 3 aromatic rings. The van der Waals surface area contributed by atoms with Crippen LogP contribution >= 0.6 is 11.3 Å². The number of rotatable bonds is 4. The van der Waals surface area contributed by atoms with Crippen molar-refractivity contribution in [3.05, 3.63) is 51.4 Å². The lowest BCUT2D eigenvalue weighted by atomic mass is 10.2. The Kier molecular flexibility index (Phi) is 4.22. The first-order chi connectivity index (χ1) is 11.5. The maximum atomic E-state index is 12.5. The molecule has 0 unspecified atom stereocenters. The number of ether oxygens (including phenoxy) is 2. The average molecular weight is 345 g/mol. The fourth-order valence-corrected chi connectivity index (χ4v) is 3.04. The molecule has 1 aromatic carbocycles. The van der Waals surface area contributed by atoms with Gasteiger partial charge in [-0.05, 0) is 19.1 Å². The van der Waals surface area contributed by atoms with Crippen LogP contribution in [-0.4, -0.2) is 29.5 Å². The van der Waals surface area contributed by atoms with Crippen molar-refractivity contribution in [1.29, 1.82) is 0 Å². The largest absolute Gasteiger partial charge is 0.497 e. The molecular weight excluding hydrogens is 330 g/mol. The van der Waals surface area contributed by atoms with Crippen LogP contribution in [0.4, 0.5) is 5.69 Å². The van der Waals surface area contributed by atoms with E-state index in [1.54, 1.807) is 24.4 Å². The van der Waals surface area contributed by atoms with Crippen LogP contribution in [0.2, 0.25) is 0 Å². The Morgan fingerprint density at radius 2 is 2.08 bits per heavy atom. The minimum Gasteiger partial charge on any atom is -0.497 e. The van der Waals surface area contributed by atoms with Crippen LogP contribution in [0.1, 0.15) is 15.2 Å². The van der Waals surface area contributed by atoms with E-state index in [2.05, 4.69) is 10.3 Å². The number of methoxy groups -OCH3 is 2. The molecule has 8 heteroatoms. The number of carbonyl (C=O) groups is 1. The highest BCUT2D eigenvalue weighted by atomic mass is 32.1. The number of aromatic nitrogens is 2. The molecule has 2 aromatic heterocycles. The lowest BCUT2D eigenvalue weighted by molar-refractivity contribution is 0.102. The van der Waals surface area contributed by atoms with Gasteiger partial charge in [-0.3, -0.25) is 14.0 Å². The molecule has 7 nitrogen and oxygen atoms in total. The molecule has 2 heterocycles. The summed E-state index contributed by atoms with van der Waals surface area (Å²) in [6.45, 7) is 1.87. The molecule has 0 aliphatic heterocycles. The van der Waals surface area contributed by atoms with Crippen LogP contribution in [0.3, 0.4) is 0 Å². The summed E-state index contributed by atoms with van der Waals surface area (Å²) in [6, 6.07) is 5.01. The Bertz CT molecular complexity index is 977. The third kappa shape index (κ3) is 2.83. The monoisotopic (exact) mass is 345 g/mol. The fourth-order valence-electron chi connectivity index (χ4n) is 2.25. The van der Waals surface area contributed by atoms with Crippen molar-refractivity contribution in [2.24, 2.45) is 0 Å². The summed E-state index contributed by atoms with van der Waals surface area (Å²) in [5, 5.41) is 2.67. The molecule has 1 amide bonds. The van der Waals surface area contributed by atoms with Crippen molar-refractivity contribution >= 4 is 27.9 Å². The predicted octanol–water partition coefficient (Wildman–Crippen LogP) is 2.33. The second kappa shape index (κ2) is 6.32. The number of nitrogens with zero attached hydrogens (tertiary/aromatic N) is 2. The molecule has 24 heavy (non-hydrogen) atoms. The first-order valence-corrected chi connectivity index (χ1v) is 7.86. The second-order valence-corrected chi connectivity index (χ2v) is 6.20. The Hall–Kier alpha value is -2.87. The van der Waals surface area contributed by atoms with E-state index in [0.29, 0.717) is 22.1 Å². The SMILES string of the molecule is COc1ccc(OC)c(NC(=O)c2cnc3sc(C)cn3c2=O)c1. The minimum atomic E-state index is -0.558. The molecule has 3 rings (SSSR count). The molecule has 0 spiro atoms. The maximum Gasteiger partial charge on any atom is 0.271 e. The van der Waals surface area contributed by atoms with Crippen LogP contribution in [0.25, 0.3) is 4.96 Å². The summed E-state index contributed by atoms with van der Waals surface area (Å²) in [7, 11) is 3.02. The lowest BCUT2D eigenvalue weighted by Crippen LogP contribution is -2.26. The molecule has 0 atom stereocenters. The molecule has 0 fully saturated rings. The minimum absolute atomic E-state index is 0.0461. The zero-order chi connectivity index (χ0) is 17.3. The molecule has 0 bridgehead atoms. The summed E-state index contributed by atoms with van der Waals surface area (Å²) in [5.41, 5.74) is -0.0493. The van der Waals surface area contributed by atoms with Gasteiger partial charge in [0.2, 0.25) is 0 Å². The van der Waals surface area contributed by atoms with E-state index < -0.39 is 11.5 Å². The van der Waals surface area contributed by atoms with E-state index in [9.17, 15) is 9.59 Å². The third-order valence-electron chi connectivity index (χ3n) is 3.42. The number of carbonyl (C=O) groups excluding carboxylic acids is 1. The highest BCUT2D eigenvalue weighted by Crippen LogP contribution is 2.29. The van der Waals surface area contributed by atoms with Gasteiger partial charge in [0.25, 0.3) is 11.5 Å². The summed E-state index contributed by atoms with van der Waals surface area (Å²) in [4.78, 5) is 30.6. The third-order valence-corrected chi connectivity index (χ3v) is 4.33. The van der Waals surface area contributed by atoms with E-state index in [4.69, 9.17) is 9.47 Å². The van der Waals surface area contributed by atoms with E-state index in [1.165, 1.54) is 36.2 Å². The number of fused-ring (bicyclic) bond motifs is 1. The van der Waals surface area contributed by atoms with Crippen LogP contribution < -0.4 is 20.3 Å². The van der Waals surface area contributed by atoms with Crippen molar-refractivity contribution in [1.82, 2.24) is 9.38 Å². The standard InChI is InChI=1S/C16H15N3O4S/c1-9-8-19-15(21)11(7-17-16(19)24-9)14(20)18-12-6-10(22-2)4-5-13(12)23-3/h4-8H,1-3H3,(H,18,20). The van der Waals surface area contributed by atoms with E-state index in [1.807, 2.05) is 6.92 Å². The van der Waals surface area contributed by atoms with Crippen LogP contribution in [0, 0.1) is 6.92 Å². The number of hydrogen-bond donors (Lipinski definition) is 1. The molecule has 0 aliphatic rings. The topological polar surface area (TPSA) is 81.9 Å². The molecule has 0 aliphatic carbocycles. The first-order valence-electron chi connectivity index (χ1n) is 7.04. The van der Waals surface area contributed by atoms with Crippen molar-refractivity contribution in [2.75, 3.05) is 19.5 Å². The Labute approximate surface area is 141 Å². The first kappa shape index (κ1) is 16.0. The highest BCUT2D eigenvalue weighted by molar-refractivity contribution is 7.16. The van der Waals surface area contributed by atoms with Crippen LogP contribution in [0.5, 0.6) is 11.5 Å². The van der Waals surface area contributed by atoms with Gasteiger partial charge in [0.05, 0.1) is 19.9 Å². The van der Waals surface area contributed by atoms with Gasteiger partial charge in [-0.1, -0.05) is 0 Å². The van der Waals surface area contributed by atoms with Crippen molar-refractivity contribution in [3.63, 3.8) is 0 Å². The maximum absolute atomic E-state index is 12.5. The van der Waals surface area contributed by atoms with Crippen molar-refractivity contribution < 1.29 is 14.3 Å². The van der Waals surface area contributed by atoms with E-state index >= 15 is 0 Å². The van der Waals surface area contributed by atoms with Gasteiger partial charge in [-0.2, -0.15) is 0 Å². The lowest BCUT2D eigenvalue weighted by Gasteiger charge is -2.11. The fraction of sp³-hybridized carbons (Fsp3) is 0.188. The predicted molar refractivity (Wildman–Crippen MR) is 91.6 cm³/mol.